The van der Waals surface area contributed by atoms with E-state index in [0.29, 0.717) is 5.06 Å². The maximum absolute atomic E-state index is 12.1. The molecule has 0 aromatic heterocycles. The molecule has 0 saturated carbocycles. The number of hydrogen-bond donors (Lipinski definition) is 4. The summed E-state index contributed by atoms with van der Waals surface area (Å²) >= 11 is 0. The standard InChI is InChI=1S/C12H23N4O5P/c1-13-7-9(14-2)16(20)11(17)8-15-10(22(3,4)21)5-6-12(18)19/h7,10,13,15,20H,2,5-6,8H2,1,3-4H3,(H,18,19)/b9-7+. The third-order valence-electron chi connectivity index (χ3n) is 2.76. The summed E-state index contributed by atoms with van der Waals surface area (Å²) < 4.78 is 12.1. The number of rotatable bonds is 10. The van der Waals surface area contributed by atoms with Crippen molar-refractivity contribution in [1.29, 1.82) is 0 Å². The lowest BCUT2D eigenvalue weighted by molar-refractivity contribution is -0.156. The molecule has 0 spiro atoms. The van der Waals surface area contributed by atoms with Crippen molar-refractivity contribution in [2.45, 2.75) is 18.6 Å². The van der Waals surface area contributed by atoms with Crippen LogP contribution in [0.25, 0.3) is 0 Å². The topological polar surface area (TPSA) is 131 Å². The summed E-state index contributed by atoms with van der Waals surface area (Å²) in [6.07, 6.45) is 1.23. The average molecular weight is 334 g/mol. The summed E-state index contributed by atoms with van der Waals surface area (Å²) in [5.74, 6) is -2.46. The number of carbonyl (C=O) groups is 2. The van der Waals surface area contributed by atoms with Crippen LogP contribution in [0.3, 0.4) is 0 Å². The van der Waals surface area contributed by atoms with Crippen molar-refractivity contribution in [2.24, 2.45) is 4.99 Å². The Morgan fingerprint density at radius 1 is 1.45 bits per heavy atom. The molecule has 0 heterocycles. The van der Waals surface area contributed by atoms with E-state index < -0.39 is 24.8 Å². The van der Waals surface area contributed by atoms with Gasteiger partial charge in [-0.05, 0) is 26.5 Å². The number of hydrogen-bond acceptors (Lipinski definition) is 7. The highest BCUT2D eigenvalue weighted by Gasteiger charge is 2.25. The van der Waals surface area contributed by atoms with Gasteiger partial charge in [-0.3, -0.25) is 20.1 Å². The van der Waals surface area contributed by atoms with Crippen LogP contribution < -0.4 is 10.6 Å². The third-order valence-corrected chi connectivity index (χ3v) is 4.70. The van der Waals surface area contributed by atoms with Gasteiger partial charge in [-0.1, -0.05) is 0 Å². The number of hydroxylamine groups is 2. The van der Waals surface area contributed by atoms with Gasteiger partial charge < -0.3 is 15.0 Å². The van der Waals surface area contributed by atoms with Gasteiger partial charge in [-0.25, -0.2) is 4.99 Å². The van der Waals surface area contributed by atoms with Crippen LogP contribution in [-0.2, 0) is 14.2 Å². The predicted octanol–water partition coefficient (Wildman–Crippen LogP) is 0.326. The first-order valence-corrected chi connectivity index (χ1v) is 9.16. The number of aliphatic imine (C=N–C) groups is 1. The first-order chi connectivity index (χ1) is 10.1. The van der Waals surface area contributed by atoms with E-state index in [1.165, 1.54) is 19.5 Å². The molecule has 1 atom stereocenters. The summed E-state index contributed by atoms with van der Waals surface area (Å²) in [7, 11) is -1.09. The quantitative estimate of drug-likeness (QED) is 0.196. The fraction of sp³-hybridized carbons (Fsp3) is 0.583. The monoisotopic (exact) mass is 334 g/mol. The van der Waals surface area contributed by atoms with Gasteiger partial charge in [-0.2, -0.15) is 5.06 Å². The zero-order chi connectivity index (χ0) is 17.3. The molecule has 0 fully saturated rings. The van der Waals surface area contributed by atoms with Crippen molar-refractivity contribution < 1.29 is 24.5 Å². The molecular formula is C12H23N4O5P. The highest BCUT2D eigenvalue weighted by molar-refractivity contribution is 7.63. The second-order valence-corrected chi connectivity index (χ2v) is 8.41. The molecule has 0 aliphatic rings. The van der Waals surface area contributed by atoms with Gasteiger partial charge in [-0.15, -0.1) is 0 Å². The van der Waals surface area contributed by atoms with Crippen LogP contribution >= 0.6 is 7.14 Å². The third kappa shape index (κ3) is 7.35. The summed E-state index contributed by atoms with van der Waals surface area (Å²) in [6.45, 7) is 5.92. The Labute approximate surface area is 129 Å². The normalized spacial score (nSPS) is 13.4. The fourth-order valence-corrected chi connectivity index (χ4v) is 2.89. The van der Waals surface area contributed by atoms with Crippen molar-refractivity contribution >= 4 is 25.7 Å². The molecule has 1 amide bonds. The van der Waals surface area contributed by atoms with Crippen LogP contribution in [0.15, 0.2) is 17.0 Å². The van der Waals surface area contributed by atoms with E-state index in [4.69, 9.17) is 5.11 Å². The Morgan fingerprint density at radius 3 is 2.45 bits per heavy atom. The summed E-state index contributed by atoms with van der Waals surface area (Å²) in [5, 5.41) is 24.0. The second-order valence-electron chi connectivity index (χ2n) is 4.92. The Balaban J connectivity index is 4.74. The van der Waals surface area contributed by atoms with Crippen molar-refractivity contribution in [3.8, 4) is 0 Å². The van der Waals surface area contributed by atoms with E-state index in [2.05, 4.69) is 22.3 Å². The van der Waals surface area contributed by atoms with Gasteiger partial charge in [0, 0.05) is 19.7 Å². The molecule has 1 unspecified atom stereocenters. The van der Waals surface area contributed by atoms with Gasteiger partial charge in [0.15, 0.2) is 5.82 Å². The molecule has 0 aliphatic carbocycles. The van der Waals surface area contributed by atoms with Crippen molar-refractivity contribution in [1.82, 2.24) is 15.7 Å². The van der Waals surface area contributed by atoms with Crippen LogP contribution in [0.5, 0.6) is 0 Å². The number of carboxylic acids is 1. The van der Waals surface area contributed by atoms with Crippen molar-refractivity contribution in [3.05, 3.63) is 12.0 Å². The molecule has 0 aromatic carbocycles. The number of amides is 1. The van der Waals surface area contributed by atoms with E-state index in [9.17, 15) is 19.4 Å². The number of aliphatic carboxylic acids is 1. The van der Waals surface area contributed by atoms with Crippen LogP contribution in [-0.4, -0.2) is 66.7 Å². The molecule has 0 aromatic rings. The highest BCUT2D eigenvalue weighted by atomic mass is 31.2. The zero-order valence-corrected chi connectivity index (χ0v) is 13.8. The molecule has 126 valence electrons. The molecular weight excluding hydrogens is 311 g/mol. The van der Waals surface area contributed by atoms with Gasteiger partial charge in [0.05, 0.1) is 19.5 Å². The van der Waals surface area contributed by atoms with Crippen LogP contribution in [0, 0.1) is 0 Å². The molecule has 10 heteroatoms. The highest BCUT2D eigenvalue weighted by Crippen LogP contribution is 2.42. The molecule has 0 rings (SSSR count). The van der Waals surface area contributed by atoms with Crippen LogP contribution in [0.1, 0.15) is 12.8 Å². The van der Waals surface area contributed by atoms with Crippen LogP contribution in [0.2, 0.25) is 0 Å². The SMILES string of the molecule is C=N/C(=C\NC)N(O)C(=O)CNC(CCC(=O)O)P(C)(C)=O. The van der Waals surface area contributed by atoms with E-state index in [-0.39, 0.29) is 25.2 Å². The van der Waals surface area contributed by atoms with E-state index in [0.717, 1.165) is 0 Å². The largest absolute Gasteiger partial charge is 0.481 e. The molecule has 0 bridgehead atoms. The van der Waals surface area contributed by atoms with Crippen molar-refractivity contribution in [3.63, 3.8) is 0 Å². The minimum atomic E-state index is -2.65. The number of carbonyl (C=O) groups excluding carboxylic acids is 1. The molecule has 22 heavy (non-hydrogen) atoms. The van der Waals surface area contributed by atoms with E-state index in [1.54, 1.807) is 7.05 Å². The Bertz CT molecular complexity index is 488. The van der Waals surface area contributed by atoms with Gasteiger partial charge in [0.2, 0.25) is 0 Å². The number of carboxylic acid groups (broad SMARTS) is 1. The molecule has 0 aliphatic heterocycles. The Kier molecular flexibility index (Phi) is 8.62. The van der Waals surface area contributed by atoms with E-state index >= 15 is 0 Å². The predicted molar refractivity (Wildman–Crippen MR) is 83.4 cm³/mol. The number of nitrogens with one attached hydrogen (secondary N) is 2. The molecule has 9 nitrogen and oxygen atoms in total. The summed E-state index contributed by atoms with van der Waals surface area (Å²) in [5.41, 5.74) is 0. The Morgan fingerprint density at radius 2 is 2.05 bits per heavy atom. The number of nitrogens with zero attached hydrogens (tertiary/aromatic N) is 2. The summed E-state index contributed by atoms with van der Waals surface area (Å²) in [6, 6.07) is 0. The van der Waals surface area contributed by atoms with Crippen LogP contribution in [0.4, 0.5) is 0 Å². The lowest BCUT2D eigenvalue weighted by Gasteiger charge is -2.23. The van der Waals surface area contributed by atoms with Crippen molar-refractivity contribution in [2.75, 3.05) is 26.9 Å². The molecule has 0 radical (unpaired) electrons. The average Bonchev–Trinajstić information content (AvgIpc) is 2.41. The Hall–Kier alpha value is -1.70. The second kappa shape index (κ2) is 9.34. The minimum absolute atomic E-state index is 0.0902. The van der Waals surface area contributed by atoms with Gasteiger partial charge >= 0.3 is 5.97 Å². The molecule has 0 saturated heterocycles. The van der Waals surface area contributed by atoms with E-state index in [1.807, 2.05) is 0 Å². The first kappa shape index (κ1) is 20.3. The maximum atomic E-state index is 12.1. The lowest BCUT2D eigenvalue weighted by atomic mass is 10.3. The first-order valence-electron chi connectivity index (χ1n) is 6.49. The summed E-state index contributed by atoms with van der Waals surface area (Å²) in [4.78, 5) is 25.9. The lowest BCUT2D eigenvalue weighted by Crippen LogP contribution is -2.40. The fourth-order valence-electron chi connectivity index (χ4n) is 1.60. The minimum Gasteiger partial charge on any atom is -0.481 e. The smallest absolute Gasteiger partial charge is 0.303 e. The van der Waals surface area contributed by atoms with Gasteiger partial charge in [0.1, 0.15) is 0 Å². The molecule has 4 N–H and O–H groups in total. The van der Waals surface area contributed by atoms with Gasteiger partial charge in [0.25, 0.3) is 5.91 Å². The zero-order valence-electron chi connectivity index (χ0n) is 12.9. The maximum Gasteiger partial charge on any atom is 0.303 e.